The molecule has 0 amide bonds. The Morgan fingerprint density at radius 2 is 0.711 bits per heavy atom. The summed E-state index contributed by atoms with van der Waals surface area (Å²) >= 11 is 0. The molecule has 0 unspecified atom stereocenters. The Labute approximate surface area is 220 Å². The van der Waals surface area contributed by atoms with Gasteiger partial charge in [0.05, 0.1) is 22.1 Å². The molecule has 0 aliphatic carbocycles. The number of benzene rings is 6. The van der Waals surface area contributed by atoms with Crippen LogP contribution in [-0.4, -0.2) is 9.13 Å². The minimum atomic E-state index is 1.17. The van der Waals surface area contributed by atoms with Gasteiger partial charge in [0, 0.05) is 32.9 Å². The first-order valence-corrected chi connectivity index (χ1v) is 13.0. The lowest BCUT2D eigenvalue weighted by atomic mass is 10.0. The van der Waals surface area contributed by atoms with Crippen molar-refractivity contribution < 1.29 is 0 Å². The molecular weight excluding hydrogens is 460 g/mol. The maximum atomic E-state index is 2.37. The lowest BCUT2D eigenvalue weighted by Crippen LogP contribution is -1.94. The number of aromatic nitrogens is 2. The third-order valence-electron chi connectivity index (χ3n) is 7.73. The molecule has 2 aromatic heterocycles. The molecule has 0 saturated carbocycles. The van der Waals surface area contributed by atoms with Crippen molar-refractivity contribution >= 4 is 43.6 Å². The second-order valence-electron chi connectivity index (χ2n) is 9.84. The number of para-hydroxylation sites is 4. The maximum absolute atomic E-state index is 2.37. The lowest BCUT2D eigenvalue weighted by Gasteiger charge is -2.10. The van der Waals surface area contributed by atoms with Gasteiger partial charge in [0.25, 0.3) is 0 Å². The van der Waals surface area contributed by atoms with Gasteiger partial charge in [0.1, 0.15) is 0 Å². The SMILES string of the molecule is c1ccc(-n2c3ccccc3c3cc(-c4ccc(-n5c6ccccc6c6ccccc65)cc4)ccc32)cc1. The predicted molar refractivity (Wildman–Crippen MR) is 161 cm³/mol. The van der Waals surface area contributed by atoms with Crippen LogP contribution in [0.1, 0.15) is 0 Å². The quantitative estimate of drug-likeness (QED) is 0.236. The Hall–Kier alpha value is -5.08. The van der Waals surface area contributed by atoms with E-state index < -0.39 is 0 Å². The van der Waals surface area contributed by atoms with Gasteiger partial charge in [-0.15, -0.1) is 0 Å². The third kappa shape index (κ3) is 3.07. The molecule has 178 valence electrons. The Balaban J connectivity index is 1.27. The molecular formula is C36H24N2. The van der Waals surface area contributed by atoms with E-state index in [1.807, 2.05) is 0 Å². The van der Waals surface area contributed by atoms with E-state index in [-0.39, 0.29) is 0 Å². The number of hydrogen-bond acceptors (Lipinski definition) is 0. The minimum absolute atomic E-state index is 1.17. The van der Waals surface area contributed by atoms with Crippen molar-refractivity contribution in [2.45, 2.75) is 0 Å². The van der Waals surface area contributed by atoms with E-state index in [2.05, 4.69) is 155 Å². The van der Waals surface area contributed by atoms with E-state index in [1.54, 1.807) is 0 Å². The summed E-state index contributed by atoms with van der Waals surface area (Å²) in [5.74, 6) is 0. The lowest BCUT2D eigenvalue weighted by molar-refractivity contribution is 1.18. The highest BCUT2D eigenvalue weighted by atomic mass is 15.0. The number of nitrogens with zero attached hydrogens (tertiary/aromatic N) is 2. The van der Waals surface area contributed by atoms with Crippen LogP contribution in [0.25, 0.3) is 66.1 Å². The molecule has 2 heteroatoms. The molecule has 0 radical (unpaired) electrons. The van der Waals surface area contributed by atoms with E-state index in [1.165, 1.54) is 66.1 Å². The molecule has 0 saturated heterocycles. The molecule has 0 aliphatic rings. The zero-order valence-electron chi connectivity index (χ0n) is 20.8. The fourth-order valence-corrected chi connectivity index (χ4v) is 6.01. The smallest absolute Gasteiger partial charge is 0.0541 e. The average molecular weight is 485 g/mol. The highest BCUT2D eigenvalue weighted by Gasteiger charge is 2.14. The monoisotopic (exact) mass is 484 g/mol. The van der Waals surface area contributed by atoms with Crippen molar-refractivity contribution in [1.82, 2.24) is 9.13 Å². The summed E-state index contributed by atoms with van der Waals surface area (Å²) in [6.45, 7) is 0. The van der Waals surface area contributed by atoms with Crippen LogP contribution in [0.4, 0.5) is 0 Å². The molecule has 0 spiro atoms. The molecule has 0 aliphatic heterocycles. The Morgan fingerprint density at radius 3 is 1.29 bits per heavy atom. The van der Waals surface area contributed by atoms with Crippen molar-refractivity contribution in [2.75, 3.05) is 0 Å². The molecule has 0 atom stereocenters. The highest BCUT2D eigenvalue weighted by Crippen LogP contribution is 2.36. The molecule has 2 nitrogen and oxygen atoms in total. The van der Waals surface area contributed by atoms with Gasteiger partial charge in [0.15, 0.2) is 0 Å². The summed E-state index contributed by atoms with van der Waals surface area (Å²) in [5, 5.41) is 5.11. The van der Waals surface area contributed by atoms with E-state index in [9.17, 15) is 0 Å². The molecule has 6 aromatic carbocycles. The van der Waals surface area contributed by atoms with Gasteiger partial charge in [-0.25, -0.2) is 0 Å². The van der Waals surface area contributed by atoms with Gasteiger partial charge in [0.2, 0.25) is 0 Å². The Morgan fingerprint density at radius 1 is 0.289 bits per heavy atom. The fraction of sp³-hybridized carbons (Fsp3) is 0. The van der Waals surface area contributed by atoms with Crippen LogP contribution >= 0.6 is 0 Å². The van der Waals surface area contributed by atoms with Gasteiger partial charge in [-0.3, -0.25) is 0 Å². The van der Waals surface area contributed by atoms with Gasteiger partial charge in [-0.1, -0.05) is 91.0 Å². The van der Waals surface area contributed by atoms with Crippen molar-refractivity contribution in [3.05, 3.63) is 146 Å². The molecule has 0 fully saturated rings. The van der Waals surface area contributed by atoms with Crippen molar-refractivity contribution in [3.8, 4) is 22.5 Å². The number of fused-ring (bicyclic) bond motifs is 6. The first-order valence-electron chi connectivity index (χ1n) is 13.0. The summed E-state index contributed by atoms with van der Waals surface area (Å²) in [5.41, 5.74) is 9.72. The summed E-state index contributed by atoms with van der Waals surface area (Å²) in [6.07, 6.45) is 0. The summed E-state index contributed by atoms with van der Waals surface area (Å²) in [4.78, 5) is 0. The van der Waals surface area contributed by atoms with Crippen LogP contribution in [-0.2, 0) is 0 Å². The summed E-state index contributed by atoms with van der Waals surface area (Å²) < 4.78 is 4.73. The molecule has 2 heterocycles. The Bertz CT molecular complexity index is 2060. The van der Waals surface area contributed by atoms with Crippen LogP contribution in [0.2, 0.25) is 0 Å². The average Bonchev–Trinajstić information content (AvgIpc) is 3.50. The Kier molecular flexibility index (Phi) is 4.55. The van der Waals surface area contributed by atoms with Crippen LogP contribution in [0.5, 0.6) is 0 Å². The summed E-state index contributed by atoms with van der Waals surface area (Å²) in [7, 11) is 0. The molecule has 0 bridgehead atoms. The minimum Gasteiger partial charge on any atom is -0.309 e. The molecule has 8 aromatic rings. The topological polar surface area (TPSA) is 9.86 Å². The summed E-state index contributed by atoms with van der Waals surface area (Å²) in [6, 6.07) is 52.4. The fourth-order valence-electron chi connectivity index (χ4n) is 6.01. The maximum Gasteiger partial charge on any atom is 0.0541 e. The number of rotatable bonds is 3. The van der Waals surface area contributed by atoms with Gasteiger partial charge >= 0.3 is 0 Å². The zero-order valence-corrected chi connectivity index (χ0v) is 20.8. The van der Waals surface area contributed by atoms with E-state index in [0.29, 0.717) is 0 Å². The zero-order chi connectivity index (χ0) is 25.1. The van der Waals surface area contributed by atoms with Crippen LogP contribution in [0, 0.1) is 0 Å². The number of hydrogen-bond donors (Lipinski definition) is 0. The van der Waals surface area contributed by atoms with E-state index in [4.69, 9.17) is 0 Å². The molecule has 0 N–H and O–H groups in total. The third-order valence-corrected chi connectivity index (χ3v) is 7.73. The second-order valence-corrected chi connectivity index (χ2v) is 9.84. The van der Waals surface area contributed by atoms with Gasteiger partial charge in [-0.2, -0.15) is 0 Å². The highest BCUT2D eigenvalue weighted by molar-refractivity contribution is 6.11. The van der Waals surface area contributed by atoms with E-state index in [0.717, 1.165) is 0 Å². The van der Waals surface area contributed by atoms with E-state index >= 15 is 0 Å². The standard InChI is InChI=1S/C36H24N2/c1-2-10-27(11-3-1)37-35-17-9-6-14-31(35)32-24-26(20-23-36(32)37)25-18-21-28(22-19-25)38-33-15-7-4-12-29(33)30-13-5-8-16-34(30)38/h1-24H. The first-order chi connectivity index (χ1) is 18.9. The van der Waals surface area contributed by atoms with Crippen LogP contribution < -0.4 is 0 Å². The second kappa shape index (κ2) is 8.22. The van der Waals surface area contributed by atoms with Gasteiger partial charge in [-0.05, 0) is 65.7 Å². The first kappa shape index (κ1) is 21.0. The van der Waals surface area contributed by atoms with Gasteiger partial charge < -0.3 is 9.13 Å². The largest absolute Gasteiger partial charge is 0.309 e. The van der Waals surface area contributed by atoms with Crippen molar-refractivity contribution in [1.29, 1.82) is 0 Å². The molecule has 8 rings (SSSR count). The van der Waals surface area contributed by atoms with Crippen LogP contribution in [0.15, 0.2) is 146 Å². The van der Waals surface area contributed by atoms with Crippen molar-refractivity contribution in [2.24, 2.45) is 0 Å². The normalized spacial score (nSPS) is 11.7. The van der Waals surface area contributed by atoms with Crippen molar-refractivity contribution in [3.63, 3.8) is 0 Å². The predicted octanol–water partition coefficient (Wildman–Crippen LogP) is 9.55. The van der Waals surface area contributed by atoms with Crippen LogP contribution in [0.3, 0.4) is 0 Å². The molecule has 38 heavy (non-hydrogen) atoms.